The summed E-state index contributed by atoms with van der Waals surface area (Å²) >= 11 is 0. The van der Waals surface area contributed by atoms with Gasteiger partial charge in [0.05, 0.1) is 0 Å². The maximum Gasteiger partial charge on any atom is 0.222 e. The van der Waals surface area contributed by atoms with E-state index in [1.165, 1.54) is 0 Å². The molecule has 1 rings (SSSR count). The summed E-state index contributed by atoms with van der Waals surface area (Å²) in [6.45, 7) is 0. The zero-order valence-corrected chi connectivity index (χ0v) is 6.97. The third kappa shape index (κ3) is 2.19. The van der Waals surface area contributed by atoms with Gasteiger partial charge in [0.15, 0.2) is 0 Å². The van der Waals surface area contributed by atoms with Crippen LogP contribution in [0, 0.1) is 5.92 Å². The largest absolute Gasteiger partial charge is 0.359 e. The zero-order valence-electron chi connectivity index (χ0n) is 6.97. The minimum Gasteiger partial charge on any atom is -0.359 e. The number of rotatable bonds is 1. The van der Waals surface area contributed by atoms with Crippen LogP contribution in [0.15, 0.2) is 0 Å². The topological polar surface area (TPSA) is 55.1 Å². The first-order valence-corrected chi connectivity index (χ1v) is 4.21. The Morgan fingerprint density at radius 1 is 1.36 bits per heavy atom. The number of nitrogens with one attached hydrogen (secondary N) is 1. The Kier molecular flexibility index (Phi) is 2.88. The Morgan fingerprint density at radius 3 is 2.36 bits per heavy atom. The second-order valence-electron chi connectivity index (χ2n) is 3.23. The van der Waals surface area contributed by atoms with E-state index in [0.29, 0.717) is 6.04 Å². The molecule has 1 amide bonds. The molecule has 0 spiro atoms. The summed E-state index contributed by atoms with van der Waals surface area (Å²) in [4.78, 5) is 11.1. The van der Waals surface area contributed by atoms with E-state index >= 15 is 0 Å². The van der Waals surface area contributed by atoms with E-state index in [4.69, 9.17) is 5.73 Å². The van der Waals surface area contributed by atoms with Crippen LogP contribution in [-0.4, -0.2) is 19.0 Å². The fourth-order valence-electron chi connectivity index (χ4n) is 1.59. The highest BCUT2D eigenvalue weighted by Crippen LogP contribution is 2.22. The number of hydrogen-bond acceptors (Lipinski definition) is 2. The number of hydrogen-bond donors (Lipinski definition) is 2. The molecule has 1 aliphatic carbocycles. The van der Waals surface area contributed by atoms with Gasteiger partial charge >= 0.3 is 0 Å². The van der Waals surface area contributed by atoms with Crippen LogP contribution in [0.3, 0.4) is 0 Å². The fraction of sp³-hybridized carbons (Fsp3) is 0.875. The van der Waals surface area contributed by atoms with Gasteiger partial charge in [0.25, 0.3) is 0 Å². The molecule has 0 aromatic heterocycles. The van der Waals surface area contributed by atoms with Gasteiger partial charge in [0.2, 0.25) is 5.91 Å². The molecule has 0 unspecified atom stereocenters. The second kappa shape index (κ2) is 3.72. The molecule has 1 fully saturated rings. The molecule has 1 aliphatic rings. The van der Waals surface area contributed by atoms with E-state index in [1.54, 1.807) is 7.05 Å². The van der Waals surface area contributed by atoms with Crippen LogP contribution in [-0.2, 0) is 4.79 Å². The minimum absolute atomic E-state index is 0.178. The lowest BCUT2D eigenvalue weighted by atomic mass is 9.86. The standard InChI is InChI=1S/C8H16N2O/c1-10-8(11)6-2-4-7(9)5-3-6/h6-7H,2-5,9H2,1H3,(H,10,11)/t6-,7-. The van der Waals surface area contributed by atoms with Crippen LogP contribution in [0.25, 0.3) is 0 Å². The first kappa shape index (κ1) is 8.53. The summed E-state index contributed by atoms with van der Waals surface area (Å²) in [7, 11) is 1.69. The van der Waals surface area contributed by atoms with Crippen molar-refractivity contribution in [1.82, 2.24) is 5.32 Å². The predicted molar refractivity (Wildman–Crippen MR) is 44.0 cm³/mol. The minimum atomic E-state index is 0.178. The molecular formula is C8H16N2O. The van der Waals surface area contributed by atoms with Crippen molar-refractivity contribution < 1.29 is 4.79 Å². The molecule has 3 heteroatoms. The Morgan fingerprint density at radius 2 is 1.91 bits per heavy atom. The van der Waals surface area contributed by atoms with E-state index in [9.17, 15) is 4.79 Å². The molecule has 0 atom stereocenters. The third-order valence-electron chi connectivity index (χ3n) is 2.39. The average Bonchev–Trinajstić information content (AvgIpc) is 2.05. The first-order valence-electron chi connectivity index (χ1n) is 4.21. The van der Waals surface area contributed by atoms with E-state index < -0.39 is 0 Å². The molecule has 0 aromatic carbocycles. The highest BCUT2D eigenvalue weighted by atomic mass is 16.1. The Bertz CT molecular complexity index is 139. The fourth-order valence-corrected chi connectivity index (χ4v) is 1.59. The van der Waals surface area contributed by atoms with Crippen LogP contribution in [0.4, 0.5) is 0 Å². The van der Waals surface area contributed by atoms with Gasteiger partial charge in [0.1, 0.15) is 0 Å². The second-order valence-corrected chi connectivity index (χ2v) is 3.23. The summed E-state index contributed by atoms with van der Waals surface area (Å²) in [5, 5.41) is 2.67. The van der Waals surface area contributed by atoms with Crippen molar-refractivity contribution in [2.75, 3.05) is 7.05 Å². The van der Waals surface area contributed by atoms with Gasteiger partial charge in [-0.25, -0.2) is 0 Å². The van der Waals surface area contributed by atoms with Crippen molar-refractivity contribution in [3.05, 3.63) is 0 Å². The smallest absolute Gasteiger partial charge is 0.222 e. The van der Waals surface area contributed by atoms with Gasteiger partial charge in [-0.3, -0.25) is 4.79 Å². The van der Waals surface area contributed by atoms with Crippen molar-refractivity contribution in [3.8, 4) is 0 Å². The van der Waals surface area contributed by atoms with Gasteiger partial charge in [0, 0.05) is 19.0 Å². The van der Waals surface area contributed by atoms with Crippen LogP contribution < -0.4 is 11.1 Å². The molecule has 0 radical (unpaired) electrons. The van der Waals surface area contributed by atoms with Crippen molar-refractivity contribution in [1.29, 1.82) is 0 Å². The molecule has 0 aromatic rings. The maximum absolute atomic E-state index is 11.1. The lowest BCUT2D eigenvalue weighted by molar-refractivity contribution is -0.125. The number of nitrogens with two attached hydrogens (primary N) is 1. The number of amides is 1. The molecule has 0 saturated heterocycles. The van der Waals surface area contributed by atoms with Gasteiger partial charge in [-0.1, -0.05) is 0 Å². The van der Waals surface area contributed by atoms with Gasteiger partial charge < -0.3 is 11.1 Å². The Labute approximate surface area is 67.3 Å². The number of carbonyl (C=O) groups is 1. The summed E-state index contributed by atoms with van der Waals surface area (Å²) in [5.74, 6) is 0.400. The lowest BCUT2D eigenvalue weighted by Crippen LogP contribution is -2.34. The first-order chi connectivity index (χ1) is 5.24. The maximum atomic E-state index is 11.1. The molecule has 3 N–H and O–H groups in total. The predicted octanol–water partition coefficient (Wildman–Crippen LogP) is 0.250. The van der Waals surface area contributed by atoms with Gasteiger partial charge in [-0.05, 0) is 25.7 Å². The van der Waals surface area contributed by atoms with E-state index in [-0.39, 0.29) is 11.8 Å². The molecule has 1 saturated carbocycles. The van der Waals surface area contributed by atoms with Gasteiger partial charge in [-0.15, -0.1) is 0 Å². The summed E-state index contributed by atoms with van der Waals surface area (Å²) in [6, 6.07) is 0.330. The summed E-state index contributed by atoms with van der Waals surface area (Å²) in [6.07, 6.45) is 3.91. The van der Waals surface area contributed by atoms with Crippen molar-refractivity contribution in [2.24, 2.45) is 11.7 Å². The molecule has 11 heavy (non-hydrogen) atoms. The SMILES string of the molecule is CNC(=O)[C@H]1CC[C@H](N)CC1. The molecular weight excluding hydrogens is 140 g/mol. The Hall–Kier alpha value is -0.570. The van der Waals surface area contributed by atoms with Crippen LogP contribution in [0.2, 0.25) is 0 Å². The highest BCUT2D eigenvalue weighted by molar-refractivity contribution is 5.78. The third-order valence-corrected chi connectivity index (χ3v) is 2.39. The van der Waals surface area contributed by atoms with Crippen LogP contribution in [0.5, 0.6) is 0 Å². The number of carbonyl (C=O) groups excluding carboxylic acids is 1. The normalized spacial score (nSPS) is 31.5. The van der Waals surface area contributed by atoms with Crippen molar-refractivity contribution >= 4 is 5.91 Å². The molecule has 3 nitrogen and oxygen atoms in total. The highest BCUT2D eigenvalue weighted by Gasteiger charge is 2.23. The monoisotopic (exact) mass is 156 g/mol. The summed E-state index contributed by atoms with van der Waals surface area (Å²) in [5.41, 5.74) is 5.71. The molecule has 0 heterocycles. The summed E-state index contributed by atoms with van der Waals surface area (Å²) < 4.78 is 0. The quantitative estimate of drug-likeness (QED) is 0.571. The van der Waals surface area contributed by atoms with E-state index in [2.05, 4.69) is 5.32 Å². The van der Waals surface area contributed by atoms with Crippen LogP contribution in [0.1, 0.15) is 25.7 Å². The van der Waals surface area contributed by atoms with Crippen LogP contribution >= 0.6 is 0 Å². The lowest BCUT2D eigenvalue weighted by Gasteiger charge is -2.24. The molecule has 0 bridgehead atoms. The van der Waals surface area contributed by atoms with Crippen molar-refractivity contribution in [3.63, 3.8) is 0 Å². The molecule has 64 valence electrons. The zero-order chi connectivity index (χ0) is 8.27. The van der Waals surface area contributed by atoms with Gasteiger partial charge in [-0.2, -0.15) is 0 Å². The average molecular weight is 156 g/mol. The molecule has 0 aliphatic heterocycles. The van der Waals surface area contributed by atoms with E-state index in [0.717, 1.165) is 25.7 Å². The Balaban J connectivity index is 2.33. The van der Waals surface area contributed by atoms with E-state index in [1.807, 2.05) is 0 Å². The van der Waals surface area contributed by atoms with Crippen molar-refractivity contribution in [2.45, 2.75) is 31.7 Å².